The van der Waals surface area contributed by atoms with Crippen molar-refractivity contribution in [1.29, 1.82) is 0 Å². The molecule has 2 aliphatic carbocycles. The summed E-state index contributed by atoms with van der Waals surface area (Å²) < 4.78 is 46.7. The standard InChI is InChI=1S/C22H19F3N8O2/c23-22(24,25)21(5-6-21)14-7-16(35-32-14)31-20(34)30-15-4-1-11(8-27-15)13-9-33(12-2-3-12)19-17(13)18(26)28-10-29-19/h1,4,7-10,12H,2-3,5-6H2,(H2,26,28,29)(H2,27,30,31,34). The van der Waals surface area contributed by atoms with Gasteiger partial charge in [-0.15, -0.1) is 0 Å². The summed E-state index contributed by atoms with van der Waals surface area (Å²) in [5, 5.41) is 9.10. The molecule has 0 aromatic carbocycles. The Morgan fingerprint density at radius 3 is 2.63 bits per heavy atom. The third-order valence-corrected chi connectivity index (χ3v) is 6.42. The van der Waals surface area contributed by atoms with Crippen LogP contribution in [-0.2, 0) is 5.41 Å². The van der Waals surface area contributed by atoms with E-state index in [-0.39, 0.29) is 30.2 Å². The van der Waals surface area contributed by atoms with E-state index in [0.29, 0.717) is 11.9 Å². The van der Waals surface area contributed by atoms with Crippen LogP contribution in [0.25, 0.3) is 22.2 Å². The summed E-state index contributed by atoms with van der Waals surface area (Å²) in [6, 6.07) is 4.13. The number of carbonyl (C=O) groups excluding carboxylic acids is 1. The fraction of sp³-hybridized carbons (Fsp3) is 0.318. The van der Waals surface area contributed by atoms with Gasteiger partial charge < -0.3 is 14.8 Å². The van der Waals surface area contributed by atoms with Crippen LogP contribution in [0.2, 0.25) is 0 Å². The van der Waals surface area contributed by atoms with Crippen LogP contribution >= 0.6 is 0 Å². The number of rotatable bonds is 5. The molecule has 2 amide bonds. The molecule has 0 unspecified atom stereocenters. The van der Waals surface area contributed by atoms with Crippen LogP contribution in [0.15, 0.2) is 41.4 Å². The molecule has 0 saturated heterocycles. The molecule has 4 heterocycles. The van der Waals surface area contributed by atoms with Gasteiger partial charge in [-0.05, 0) is 37.8 Å². The van der Waals surface area contributed by atoms with Crippen LogP contribution in [0.4, 0.5) is 35.5 Å². The third kappa shape index (κ3) is 3.63. The molecule has 0 radical (unpaired) electrons. The largest absolute Gasteiger partial charge is 0.400 e. The average Bonchev–Trinajstić information content (AvgIpc) is 3.74. The smallest absolute Gasteiger partial charge is 0.383 e. The van der Waals surface area contributed by atoms with Crippen molar-refractivity contribution < 1.29 is 22.5 Å². The number of nitrogens with one attached hydrogen (secondary N) is 2. The van der Waals surface area contributed by atoms with E-state index in [1.165, 1.54) is 6.33 Å². The van der Waals surface area contributed by atoms with Gasteiger partial charge in [0.05, 0.1) is 5.39 Å². The highest BCUT2D eigenvalue weighted by Gasteiger charge is 2.66. The predicted octanol–water partition coefficient (Wildman–Crippen LogP) is 4.64. The van der Waals surface area contributed by atoms with E-state index < -0.39 is 17.6 Å². The van der Waals surface area contributed by atoms with Crippen molar-refractivity contribution in [3.05, 3.63) is 42.6 Å². The minimum absolute atomic E-state index is 0.0535. The first-order valence-electron chi connectivity index (χ1n) is 10.9. The number of pyridine rings is 1. The van der Waals surface area contributed by atoms with Gasteiger partial charge in [-0.25, -0.2) is 19.7 Å². The van der Waals surface area contributed by atoms with E-state index in [1.54, 1.807) is 18.3 Å². The van der Waals surface area contributed by atoms with Crippen molar-refractivity contribution >= 4 is 34.6 Å². The Morgan fingerprint density at radius 2 is 1.97 bits per heavy atom. The quantitative estimate of drug-likeness (QED) is 0.375. The fourth-order valence-corrected chi connectivity index (χ4v) is 4.21. The topological polar surface area (TPSA) is 137 Å². The molecule has 2 aliphatic rings. The first-order valence-corrected chi connectivity index (χ1v) is 10.9. The zero-order chi connectivity index (χ0) is 24.4. The lowest BCUT2D eigenvalue weighted by atomic mass is 10.0. The molecular weight excluding hydrogens is 465 g/mol. The number of nitrogens with two attached hydrogens (primary N) is 1. The highest BCUT2D eigenvalue weighted by molar-refractivity contribution is 6.01. The summed E-state index contributed by atoms with van der Waals surface area (Å²) in [7, 11) is 0. The molecule has 35 heavy (non-hydrogen) atoms. The van der Waals surface area contributed by atoms with E-state index in [1.807, 2.05) is 6.20 Å². The van der Waals surface area contributed by atoms with Crippen LogP contribution in [0.5, 0.6) is 0 Å². The first kappa shape index (κ1) is 21.4. The van der Waals surface area contributed by atoms with Crippen LogP contribution in [0.3, 0.4) is 0 Å². The van der Waals surface area contributed by atoms with Crippen molar-refractivity contribution in [2.45, 2.75) is 43.3 Å². The molecule has 6 rings (SSSR count). The van der Waals surface area contributed by atoms with E-state index in [0.717, 1.165) is 41.1 Å². The molecular formula is C22H19F3N8O2. The summed E-state index contributed by atoms with van der Waals surface area (Å²) in [6.07, 6.45) is 2.64. The van der Waals surface area contributed by atoms with Crippen molar-refractivity contribution in [2.75, 3.05) is 16.4 Å². The van der Waals surface area contributed by atoms with Crippen LogP contribution in [-0.4, -0.2) is 36.9 Å². The zero-order valence-electron chi connectivity index (χ0n) is 18.1. The maximum atomic E-state index is 13.2. The molecule has 4 N–H and O–H groups in total. The van der Waals surface area contributed by atoms with Gasteiger partial charge in [-0.1, -0.05) is 5.16 Å². The van der Waals surface area contributed by atoms with E-state index >= 15 is 0 Å². The third-order valence-electron chi connectivity index (χ3n) is 6.42. The van der Waals surface area contributed by atoms with E-state index in [4.69, 9.17) is 10.3 Å². The zero-order valence-corrected chi connectivity index (χ0v) is 18.1. The highest BCUT2D eigenvalue weighted by Crippen LogP contribution is 2.58. The van der Waals surface area contributed by atoms with E-state index in [9.17, 15) is 18.0 Å². The second-order valence-electron chi connectivity index (χ2n) is 8.81. The summed E-state index contributed by atoms with van der Waals surface area (Å²) in [6.45, 7) is 0. The summed E-state index contributed by atoms with van der Waals surface area (Å²) in [4.78, 5) is 25.1. The first-order chi connectivity index (χ1) is 16.7. The molecule has 10 nitrogen and oxygen atoms in total. The number of alkyl halides is 3. The summed E-state index contributed by atoms with van der Waals surface area (Å²) >= 11 is 0. The maximum absolute atomic E-state index is 13.2. The Kier molecular flexibility index (Phi) is 4.53. The van der Waals surface area contributed by atoms with E-state index in [2.05, 4.69) is 35.3 Å². The maximum Gasteiger partial charge on any atom is 0.400 e. The SMILES string of the molecule is Nc1ncnc2c1c(-c1ccc(NC(=O)Nc3cc(C4(C(F)(F)F)CC4)no3)nc1)cn2C1CC1. The molecule has 2 fully saturated rings. The molecule has 0 spiro atoms. The summed E-state index contributed by atoms with van der Waals surface area (Å²) in [5.74, 6) is 0.416. The van der Waals surface area contributed by atoms with Gasteiger partial charge in [0, 0.05) is 35.6 Å². The Labute approximate surface area is 195 Å². The molecule has 180 valence electrons. The van der Waals surface area contributed by atoms with Crippen molar-refractivity contribution in [3.8, 4) is 11.1 Å². The van der Waals surface area contributed by atoms with Gasteiger partial charge >= 0.3 is 12.2 Å². The van der Waals surface area contributed by atoms with Gasteiger partial charge in [0.2, 0.25) is 5.88 Å². The lowest BCUT2D eigenvalue weighted by Gasteiger charge is -2.15. The number of fused-ring (bicyclic) bond motifs is 1. The van der Waals surface area contributed by atoms with Crippen LogP contribution in [0, 0.1) is 0 Å². The normalized spacial score (nSPS) is 16.9. The molecule has 0 aliphatic heterocycles. The molecule has 13 heteroatoms. The number of amides is 2. The van der Waals surface area contributed by atoms with Gasteiger partial charge in [-0.2, -0.15) is 13.2 Å². The number of nitrogens with zero attached hydrogens (tertiary/aromatic N) is 5. The number of hydrogen-bond donors (Lipinski definition) is 3. The van der Waals surface area contributed by atoms with Gasteiger partial charge in [0.15, 0.2) is 0 Å². The number of nitrogen functional groups attached to an aromatic ring is 1. The fourth-order valence-electron chi connectivity index (χ4n) is 4.21. The number of hydrogen-bond acceptors (Lipinski definition) is 7. The molecule has 2 saturated carbocycles. The Bertz CT molecular complexity index is 1440. The number of urea groups is 1. The minimum atomic E-state index is -4.42. The second-order valence-corrected chi connectivity index (χ2v) is 8.81. The molecule has 0 bridgehead atoms. The van der Waals surface area contributed by atoms with Gasteiger partial charge in [0.25, 0.3) is 0 Å². The minimum Gasteiger partial charge on any atom is -0.383 e. The Balaban J connectivity index is 1.17. The molecule has 0 atom stereocenters. The van der Waals surface area contributed by atoms with Crippen molar-refractivity contribution in [3.63, 3.8) is 0 Å². The number of aromatic nitrogens is 5. The number of halogens is 3. The predicted molar refractivity (Wildman–Crippen MR) is 120 cm³/mol. The Hall–Kier alpha value is -4.16. The lowest BCUT2D eigenvalue weighted by Crippen LogP contribution is -2.28. The average molecular weight is 484 g/mol. The molecule has 4 aromatic heterocycles. The number of carbonyl (C=O) groups is 1. The lowest BCUT2D eigenvalue weighted by molar-refractivity contribution is -0.161. The van der Waals surface area contributed by atoms with Gasteiger partial charge in [-0.3, -0.25) is 10.6 Å². The van der Waals surface area contributed by atoms with Crippen LogP contribution in [0.1, 0.15) is 37.4 Å². The molecule has 4 aromatic rings. The van der Waals surface area contributed by atoms with Crippen molar-refractivity contribution in [2.24, 2.45) is 0 Å². The summed E-state index contributed by atoms with van der Waals surface area (Å²) in [5.41, 5.74) is 6.27. The highest BCUT2D eigenvalue weighted by atomic mass is 19.4. The van der Waals surface area contributed by atoms with Gasteiger partial charge in [0.1, 0.15) is 34.7 Å². The second kappa shape index (κ2) is 7.42. The van der Waals surface area contributed by atoms with Crippen molar-refractivity contribution in [1.82, 2.24) is 24.7 Å². The van der Waals surface area contributed by atoms with Crippen LogP contribution < -0.4 is 16.4 Å². The number of anilines is 3. The monoisotopic (exact) mass is 484 g/mol. The Morgan fingerprint density at radius 1 is 1.17 bits per heavy atom.